The van der Waals surface area contributed by atoms with Crippen LogP contribution in [0, 0.1) is 0 Å². The lowest BCUT2D eigenvalue weighted by Crippen LogP contribution is -1.97. The molecular weight excluding hydrogens is 272 g/mol. The summed E-state index contributed by atoms with van der Waals surface area (Å²) in [7, 11) is 0. The summed E-state index contributed by atoms with van der Waals surface area (Å²) < 4.78 is 0. The number of carbonyl (C=O) groups is 1. The van der Waals surface area contributed by atoms with Gasteiger partial charge >= 0.3 is 0 Å². The van der Waals surface area contributed by atoms with Gasteiger partial charge < -0.3 is 5.11 Å². The zero-order valence-corrected chi connectivity index (χ0v) is 11.7. The Morgan fingerprint density at radius 2 is 1.90 bits per heavy atom. The summed E-state index contributed by atoms with van der Waals surface area (Å²) in [5, 5.41) is 9.67. The van der Waals surface area contributed by atoms with Gasteiger partial charge in [0.25, 0.3) is 0 Å². The molecule has 102 valence electrons. The number of hydrogen-bond donors (Lipinski definition) is 1. The van der Waals surface area contributed by atoms with Crippen molar-refractivity contribution < 1.29 is 9.90 Å². The number of hydrogen-bond acceptors (Lipinski definition) is 2. The first-order chi connectivity index (χ1) is 9.70. The van der Waals surface area contributed by atoms with E-state index in [2.05, 4.69) is 0 Å². The van der Waals surface area contributed by atoms with Crippen molar-refractivity contribution in [2.75, 3.05) is 5.88 Å². The molecule has 0 atom stereocenters. The smallest absolute Gasteiger partial charge is 0.185 e. The maximum absolute atomic E-state index is 12.1. The highest BCUT2D eigenvalue weighted by Crippen LogP contribution is 2.20. The molecule has 0 fully saturated rings. The van der Waals surface area contributed by atoms with Crippen LogP contribution in [-0.2, 0) is 6.42 Å². The van der Waals surface area contributed by atoms with Crippen LogP contribution in [0.25, 0.3) is 6.08 Å². The number of phenols is 1. The molecule has 0 radical (unpaired) electrons. The monoisotopic (exact) mass is 286 g/mol. The van der Waals surface area contributed by atoms with E-state index in [9.17, 15) is 9.90 Å². The van der Waals surface area contributed by atoms with Crippen molar-refractivity contribution in [2.24, 2.45) is 0 Å². The van der Waals surface area contributed by atoms with Crippen LogP contribution in [0.1, 0.15) is 21.5 Å². The number of carbonyl (C=O) groups excluding carboxylic acids is 1. The van der Waals surface area contributed by atoms with Gasteiger partial charge in [0, 0.05) is 11.4 Å². The lowest BCUT2D eigenvalue weighted by atomic mass is 10.0. The Kier molecular flexibility index (Phi) is 4.97. The number of rotatable bonds is 5. The van der Waals surface area contributed by atoms with Crippen LogP contribution in [0.5, 0.6) is 5.75 Å². The van der Waals surface area contributed by atoms with Crippen LogP contribution in [0.2, 0.25) is 0 Å². The first-order valence-electron chi connectivity index (χ1n) is 6.36. The van der Waals surface area contributed by atoms with E-state index in [1.54, 1.807) is 18.2 Å². The van der Waals surface area contributed by atoms with Crippen molar-refractivity contribution in [3.8, 4) is 5.75 Å². The average molecular weight is 287 g/mol. The molecule has 2 aromatic carbocycles. The van der Waals surface area contributed by atoms with E-state index in [-0.39, 0.29) is 11.5 Å². The highest BCUT2D eigenvalue weighted by molar-refractivity contribution is 6.18. The Morgan fingerprint density at radius 1 is 1.15 bits per heavy atom. The summed E-state index contributed by atoms with van der Waals surface area (Å²) in [5.41, 5.74) is 2.22. The average Bonchev–Trinajstić information content (AvgIpc) is 2.48. The molecule has 0 spiro atoms. The van der Waals surface area contributed by atoms with Gasteiger partial charge in [0.2, 0.25) is 0 Å². The second-order valence-electron chi connectivity index (χ2n) is 4.39. The van der Waals surface area contributed by atoms with E-state index in [0.29, 0.717) is 23.4 Å². The van der Waals surface area contributed by atoms with Crippen molar-refractivity contribution in [2.45, 2.75) is 6.42 Å². The standard InChI is InChI=1S/C17H15ClO2/c18-11-10-15-12-14(7-9-17(15)20)16(19)8-6-13-4-2-1-3-5-13/h1-9,12,20H,10-11H2/b8-6+. The zero-order valence-electron chi connectivity index (χ0n) is 10.9. The molecule has 0 bridgehead atoms. The lowest BCUT2D eigenvalue weighted by molar-refractivity contribution is 0.104. The molecule has 0 saturated heterocycles. The maximum atomic E-state index is 12.1. The topological polar surface area (TPSA) is 37.3 Å². The molecule has 0 amide bonds. The fraction of sp³-hybridized carbons (Fsp3) is 0.118. The van der Waals surface area contributed by atoms with Crippen LogP contribution in [0.15, 0.2) is 54.6 Å². The van der Waals surface area contributed by atoms with Crippen LogP contribution < -0.4 is 0 Å². The van der Waals surface area contributed by atoms with Crippen LogP contribution in [-0.4, -0.2) is 16.8 Å². The number of allylic oxidation sites excluding steroid dienone is 1. The van der Waals surface area contributed by atoms with Gasteiger partial charge in [-0.1, -0.05) is 36.4 Å². The molecule has 2 rings (SSSR count). The molecule has 0 aliphatic carbocycles. The molecule has 0 saturated carbocycles. The van der Waals surface area contributed by atoms with E-state index in [1.807, 2.05) is 30.3 Å². The van der Waals surface area contributed by atoms with Crippen molar-refractivity contribution in [3.05, 3.63) is 71.3 Å². The van der Waals surface area contributed by atoms with E-state index in [1.165, 1.54) is 12.1 Å². The largest absolute Gasteiger partial charge is 0.508 e. The third-order valence-corrected chi connectivity index (χ3v) is 3.14. The minimum atomic E-state index is -0.0929. The Morgan fingerprint density at radius 3 is 2.60 bits per heavy atom. The van der Waals surface area contributed by atoms with E-state index in [0.717, 1.165) is 5.56 Å². The number of ketones is 1. The number of halogens is 1. The highest BCUT2D eigenvalue weighted by atomic mass is 35.5. The van der Waals surface area contributed by atoms with Crippen LogP contribution in [0.4, 0.5) is 0 Å². The number of phenolic OH excluding ortho intramolecular Hbond substituents is 1. The number of aromatic hydroxyl groups is 1. The van der Waals surface area contributed by atoms with Gasteiger partial charge in [-0.25, -0.2) is 0 Å². The van der Waals surface area contributed by atoms with Gasteiger partial charge in [0.1, 0.15) is 5.75 Å². The second-order valence-corrected chi connectivity index (χ2v) is 4.77. The lowest BCUT2D eigenvalue weighted by Gasteiger charge is -2.04. The van der Waals surface area contributed by atoms with Crippen LogP contribution >= 0.6 is 11.6 Å². The van der Waals surface area contributed by atoms with Gasteiger partial charge in [-0.05, 0) is 41.8 Å². The van der Waals surface area contributed by atoms with Crippen LogP contribution in [0.3, 0.4) is 0 Å². The molecule has 0 aliphatic heterocycles. The summed E-state index contributed by atoms with van der Waals surface area (Å²) >= 11 is 5.67. The summed E-state index contributed by atoms with van der Waals surface area (Å²) in [5.74, 6) is 0.490. The van der Waals surface area contributed by atoms with Gasteiger partial charge in [-0.3, -0.25) is 4.79 Å². The van der Waals surface area contributed by atoms with Gasteiger partial charge in [0.05, 0.1) is 0 Å². The summed E-state index contributed by atoms with van der Waals surface area (Å²) in [6.07, 6.45) is 3.85. The van der Waals surface area contributed by atoms with Gasteiger partial charge in [-0.15, -0.1) is 11.6 Å². The molecule has 20 heavy (non-hydrogen) atoms. The zero-order chi connectivity index (χ0) is 14.4. The predicted octanol–water partition coefficient (Wildman–Crippen LogP) is 4.07. The minimum absolute atomic E-state index is 0.0929. The normalized spacial score (nSPS) is 10.8. The van der Waals surface area contributed by atoms with Crippen molar-refractivity contribution >= 4 is 23.5 Å². The molecule has 2 nitrogen and oxygen atoms in total. The molecule has 0 aliphatic rings. The van der Waals surface area contributed by atoms with E-state index in [4.69, 9.17) is 11.6 Å². The number of alkyl halides is 1. The summed E-state index contributed by atoms with van der Waals surface area (Å²) in [6.45, 7) is 0. The SMILES string of the molecule is O=C(/C=C/c1ccccc1)c1ccc(O)c(CCCl)c1. The Balaban J connectivity index is 2.17. The third kappa shape index (κ3) is 3.72. The third-order valence-electron chi connectivity index (χ3n) is 2.95. The van der Waals surface area contributed by atoms with Gasteiger partial charge in [-0.2, -0.15) is 0 Å². The second kappa shape index (κ2) is 6.92. The first-order valence-corrected chi connectivity index (χ1v) is 6.89. The van der Waals surface area contributed by atoms with E-state index >= 15 is 0 Å². The fourth-order valence-electron chi connectivity index (χ4n) is 1.87. The Labute approximate surface area is 123 Å². The molecule has 3 heteroatoms. The molecule has 1 N–H and O–H groups in total. The summed E-state index contributed by atoms with van der Waals surface area (Å²) in [6, 6.07) is 14.5. The first kappa shape index (κ1) is 14.4. The summed E-state index contributed by atoms with van der Waals surface area (Å²) in [4.78, 5) is 12.1. The number of aryl methyl sites for hydroxylation is 1. The van der Waals surface area contributed by atoms with Crippen molar-refractivity contribution in [3.63, 3.8) is 0 Å². The minimum Gasteiger partial charge on any atom is -0.508 e. The van der Waals surface area contributed by atoms with E-state index < -0.39 is 0 Å². The predicted molar refractivity (Wildman–Crippen MR) is 82.3 cm³/mol. The fourth-order valence-corrected chi connectivity index (χ4v) is 2.08. The molecule has 0 aromatic heterocycles. The van der Waals surface area contributed by atoms with Crippen molar-refractivity contribution in [1.29, 1.82) is 0 Å². The highest BCUT2D eigenvalue weighted by Gasteiger charge is 2.06. The van der Waals surface area contributed by atoms with Gasteiger partial charge in [0.15, 0.2) is 5.78 Å². The quantitative estimate of drug-likeness (QED) is 0.511. The molecule has 0 heterocycles. The molecule has 0 unspecified atom stereocenters. The maximum Gasteiger partial charge on any atom is 0.185 e. The molecular formula is C17H15ClO2. The number of benzene rings is 2. The molecule has 2 aromatic rings. The Bertz CT molecular complexity index is 618. The Hall–Kier alpha value is -2.06. The van der Waals surface area contributed by atoms with Crippen molar-refractivity contribution in [1.82, 2.24) is 0 Å².